The summed E-state index contributed by atoms with van der Waals surface area (Å²) in [5, 5.41) is 2.85. The van der Waals surface area contributed by atoms with E-state index in [1.807, 2.05) is 42.5 Å². The maximum Gasteiger partial charge on any atom is 0.234 e. The van der Waals surface area contributed by atoms with Gasteiger partial charge < -0.3 is 19.2 Å². The molecule has 27 heavy (non-hydrogen) atoms. The molecule has 1 N–H and O–H groups in total. The van der Waals surface area contributed by atoms with Crippen LogP contribution in [0.2, 0.25) is 0 Å². The molecule has 0 aliphatic heterocycles. The van der Waals surface area contributed by atoms with Gasteiger partial charge in [0.1, 0.15) is 17.8 Å². The zero-order valence-electron chi connectivity index (χ0n) is 15.1. The number of carbonyl (C=O) groups is 1. The highest BCUT2D eigenvalue weighted by Crippen LogP contribution is 2.23. The predicted octanol–water partition coefficient (Wildman–Crippen LogP) is 4.23. The predicted molar refractivity (Wildman–Crippen MR) is 106 cm³/mol. The fourth-order valence-electron chi connectivity index (χ4n) is 2.39. The minimum absolute atomic E-state index is 0.0767. The van der Waals surface area contributed by atoms with Gasteiger partial charge in [0.15, 0.2) is 0 Å². The third kappa shape index (κ3) is 5.27. The van der Waals surface area contributed by atoms with E-state index < -0.39 is 0 Å². The Morgan fingerprint density at radius 3 is 2.63 bits per heavy atom. The lowest BCUT2D eigenvalue weighted by Crippen LogP contribution is -2.14. The molecule has 0 spiro atoms. The second-order valence-corrected chi connectivity index (χ2v) is 6.63. The van der Waals surface area contributed by atoms with Crippen molar-refractivity contribution < 1.29 is 18.7 Å². The molecule has 0 atom stereocenters. The van der Waals surface area contributed by atoms with Crippen molar-refractivity contribution in [3.8, 4) is 23.0 Å². The number of ether oxygens (including phenoxy) is 2. The van der Waals surface area contributed by atoms with Crippen molar-refractivity contribution in [1.82, 2.24) is 4.98 Å². The van der Waals surface area contributed by atoms with Gasteiger partial charge in [-0.15, -0.1) is 11.8 Å². The highest BCUT2D eigenvalue weighted by Gasteiger charge is 2.09. The molecule has 0 unspecified atom stereocenters. The van der Waals surface area contributed by atoms with Crippen LogP contribution in [0, 0.1) is 0 Å². The Kier molecular flexibility index (Phi) is 6.38. The number of aromatic nitrogens is 1. The summed E-state index contributed by atoms with van der Waals surface area (Å²) in [6.45, 7) is 0. The van der Waals surface area contributed by atoms with Crippen molar-refractivity contribution >= 4 is 23.4 Å². The number of amides is 1. The lowest BCUT2D eigenvalue weighted by molar-refractivity contribution is -0.113. The van der Waals surface area contributed by atoms with E-state index in [9.17, 15) is 4.79 Å². The Hall–Kier alpha value is -2.93. The van der Waals surface area contributed by atoms with Crippen LogP contribution in [0.1, 0.15) is 5.69 Å². The Balaban J connectivity index is 1.48. The molecule has 0 aliphatic carbocycles. The number of methoxy groups -OCH3 is 2. The summed E-state index contributed by atoms with van der Waals surface area (Å²) in [6, 6.07) is 14.8. The van der Waals surface area contributed by atoms with Gasteiger partial charge in [-0.25, -0.2) is 4.98 Å². The van der Waals surface area contributed by atoms with Crippen molar-refractivity contribution in [3.05, 3.63) is 60.5 Å². The number of hydrogen-bond acceptors (Lipinski definition) is 6. The number of benzene rings is 2. The highest BCUT2D eigenvalue weighted by molar-refractivity contribution is 7.99. The molecule has 0 radical (unpaired) electrons. The first-order chi connectivity index (χ1) is 13.2. The third-order valence-electron chi connectivity index (χ3n) is 3.73. The number of thioether (sulfide) groups is 1. The molecule has 0 aliphatic rings. The van der Waals surface area contributed by atoms with Crippen LogP contribution >= 0.6 is 11.8 Å². The summed E-state index contributed by atoms with van der Waals surface area (Å²) in [5.74, 6) is 2.87. The van der Waals surface area contributed by atoms with Gasteiger partial charge in [-0.1, -0.05) is 6.07 Å². The van der Waals surface area contributed by atoms with Gasteiger partial charge in [-0.3, -0.25) is 4.79 Å². The van der Waals surface area contributed by atoms with Gasteiger partial charge in [0, 0.05) is 23.1 Å². The van der Waals surface area contributed by atoms with Crippen LogP contribution in [0.25, 0.3) is 11.5 Å². The van der Waals surface area contributed by atoms with Gasteiger partial charge in [-0.2, -0.15) is 0 Å². The molecule has 0 saturated heterocycles. The smallest absolute Gasteiger partial charge is 0.234 e. The SMILES string of the molecule is COc1ccc(-c2nc(CSCC(=O)Nc3cccc(OC)c3)co2)cc1. The Labute approximate surface area is 161 Å². The maximum atomic E-state index is 12.1. The van der Waals surface area contributed by atoms with Crippen LogP contribution in [-0.2, 0) is 10.5 Å². The molecule has 0 saturated carbocycles. The molecular formula is C20H20N2O4S. The van der Waals surface area contributed by atoms with Crippen LogP contribution < -0.4 is 14.8 Å². The summed E-state index contributed by atoms with van der Waals surface area (Å²) in [4.78, 5) is 16.5. The van der Waals surface area contributed by atoms with E-state index in [1.54, 1.807) is 26.5 Å². The van der Waals surface area contributed by atoms with Crippen molar-refractivity contribution in [2.75, 3.05) is 25.3 Å². The molecule has 1 aromatic heterocycles. The number of hydrogen-bond donors (Lipinski definition) is 1. The summed E-state index contributed by atoms with van der Waals surface area (Å²) in [7, 11) is 3.22. The number of carbonyl (C=O) groups excluding carboxylic acids is 1. The molecule has 6 nitrogen and oxygen atoms in total. The van der Waals surface area contributed by atoms with Crippen molar-refractivity contribution in [2.45, 2.75) is 5.75 Å². The van der Waals surface area contributed by atoms with Gasteiger partial charge in [0.05, 0.1) is 25.7 Å². The molecule has 140 valence electrons. The molecule has 3 rings (SSSR count). The van der Waals surface area contributed by atoms with Gasteiger partial charge in [0.25, 0.3) is 0 Å². The molecule has 3 aromatic rings. The quantitative estimate of drug-likeness (QED) is 0.626. The van der Waals surface area contributed by atoms with Crippen LogP contribution in [0.4, 0.5) is 5.69 Å². The zero-order valence-corrected chi connectivity index (χ0v) is 15.9. The first-order valence-corrected chi connectivity index (χ1v) is 9.44. The summed E-state index contributed by atoms with van der Waals surface area (Å²) in [5.41, 5.74) is 2.38. The second kappa shape index (κ2) is 9.14. The van der Waals surface area contributed by atoms with E-state index in [2.05, 4.69) is 10.3 Å². The average molecular weight is 384 g/mol. The van der Waals surface area contributed by atoms with Crippen LogP contribution in [0.15, 0.2) is 59.2 Å². The second-order valence-electron chi connectivity index (χ2n) is 5.65. The van der Waals surface area contributed by atoms with Crippen molar-refractivity contribution in [2.24, 2.45) is 0 Å². The van der Waals surface area contributed by atoms with E-state index in [4.69, 9.17) is 13.9 Å². The number of anilines is 1. The first kappa shape index (κ1) is 18.8. The highest BCUT2D eigenvalue weighted by atomic mass is 32.2. The van der Waals surface area contributed by atoms with Crippen LogP contribution in [0.3, 0.4) is 0 Å². The Morgan fingerprint density at radius 2 is 1.89 bits per heavy atom. The molecule has 2 aromatic carbocycles. The fraction of sp³-hybridized carbons (Fsp3) is 0.200. The minimum Gasteiger partial charge on any atom is -0.497 e. The van der Waals surface area contributed by atoms with E-state index in [-0.39, 0.29) is 5.91 Å². The van der Waals surface area contributed by atoms with Crippen LogP contribution in [-0.4, -0.2) is 30.9 Å². The molecule has 0 fully saturated rings. The minimum atomic E-state index is -0.0767. The number of rotatable bonds is 8. The lowest BCUT2D eigenvalue weighted by Gasteiger charge is -2.06. The lowest BCUT2D eigenvalue weighted by atomic mass is 10.2. The molecular weight excluding hydrogens is 364 g/mol. The molecule has 0 bridgehead atoms. The zero-order chi connectivity index (χ0) is 19.1. The van der Waals surface area contributed by atoms with E-state index in [0.717, 1.165) is 17.0 Å². The fourth-order valence-corrected chi connectivity index (χ4v) is 3.09. The topological polar surface area (TPSA) is 73.6 Å². The van der Waals surface area contributed by atoms with Gasteiger partial charge >= 0.3 is 0 Å². The maximum absolute atomic E-state index is 12.1. The Morgan fingerprint density at radius 1 is 1.11 bits per heavy atom. The summed E-state index contributed by atoms with van der Waals surface area (Å²) in [6.07, 6.45) is 1.62. The van der Waals surface area contributed by atoms with Gasteiger partial charge in [0.2, 0.25) is 11.8 Å². The number of nitrogens with one attached hydrogen (secondary N) is 1. The van der Waals surface area contributed by atoms with E-state index >= 15 is 0 Å². The van der Waals surface area contributed by atoms with Crippen molar-refractivity contribution in [1.29, 1.82) is 0 Å². The van der Waals surface area contributed by atoms with Gasteiger partial charge in [-0.05, 0) is 36.4 Å². The number of oxazole rings is 1. The van der Waals surface area contributed by atoms with E-state index in [1.165, 1.54) is 11.8 Å². The van der Waals surface area contributed by atoms with E-state index in [0.29, 0.717) is 28.8 Å². The average Bonchev–Trinajstić information content (AvgIpc) is 3.17. The van der Waals surface area contributed by atoms with Crippen molar-refractivity contribution in [3.63, 3.8) is 0 Å². The largest absolute Gasteiger partial charge is 0.497 e. The molecule has 1 amide bonds. The third-order valence-corrected chi connectivity index (χ3v) is 4.69. The first-order valence-electron chi connectivity index (χ1n) is 8.28. The summed E-state index contributed by atoms with van der Waals surface area (Å²) >= 11 is 1.47. The van der Waals surface area contributed by atoms with Crippen LogP contribution in [0.5, 0.6) is 11.5 Å². The monoisotopic (exact) mass is 384 g/mol. The number of nitrogens with zero attached hydrogens (tertiary/aromatic N) is 1. The Bertz CT molecular complexity index is 893. The summed E-state index contributed by atoms with van der Waals surface area (Å²) < 4.78 is 15.8. The normalized spacial score (nSPS) is 10.4. The standard InChI is InChI=1S/C20H20N2O4S/c1-24-17-8-6-14(7-9-17)20-22-16(11-26-20)12-27-13-19(23)21-15-4-3-5-18(10-15)25-2/h3-11H,12-13H2,1-2H3,(H,21,23). The molecule has 1 heterocycles. The molecule has 7 heteroatoms.